The van der Waals surface area contributed by atoms with Gasteiger partial charge in [0.2, 0.25) is 0 Å². The van der Waals surface area contributed by atoms with Crippen LogP contribution in [-0.2, 0) is 6.54 Å². The van der Waals surface area contributed by atoms with E-state index in [0.717, 1.165) is 17.5 Å². The lowest BCUT2D eigenvalue weighted by atomic mass is 9.95. The Morgan fingerprint density at radius 1 is 0.923 bits per heavy atom. The number of likely N-dealkylation sites (tertiary alicyclic amines) is 1. The molecule has 0 unspecified atom stereocenters. The number of nitrogens with zero attached hydrogens (tertiary/aromatic N) is 2. The third-order valence-electron chi connectivity index (χ3n) is 6.58. The van der Waals surface area contributed by atoms with Crippen molar-refractivity contribution >= 4 is 17.3 Å². The number of piperidine rings is 2. The number of hydrogen-bond acceptors (Lipinski definition) is 2. The van der Waals surface area contributed by atoms with Crippen LogP contribution < -0.4 is 4.90 Å². The highest BCUT2D eigenvalue weighted by molar-refractivity contribution is 6.30. The molecule has 3 heteroatoms. The van der Waals surface area contributed by atoms with Crippen molar-refractivity contribution < 1.29 is 0 Å². The highest BCUT2D eigenvalue weighted by Gasteiger charge is 2.38. The Kier molecular flexibility index (Phi) is 4.42. The molecule has 0 spiro atoms. The molecule has 2 heterocycles. The molecule has 0 amide bonds. The van der Waals surface area contributed by atoms with Crippen LogP contribution in [0.4, 0.5) is 5.69 Å². The van der Waals surface area contributed by atoms with E-state index in [1.54, 1.807) is 11.1 Å². The molecular weight excluding hydrogens is 340 g/mol. The Balaban J connectivity index is 1.42. The van der Waals surface area contributed by atoms with Crippen LogP contribution in [0.25, 0.3) is 0 Å². The summed E-state index contributed by atoms with van der Waals surface area (Å²) in [6.07, 6.45) is 6.64. The molecule has 0 saturated carbocycles. The Labute approximate surface area is 161 Å². The van der Waals surface area contributed by atoms with E-state index in [9.17, 15) is 0 Å². The fourth-order valence-electron chi connectivity index (χ4n) is 5.25. The lowest BCUT2D eigenvalue weighted by Crippen LogP contribution is -2.32. The first-order chi connectivity index (χ1) is 12.8. The molecule has 2 saturated heterocycles. The van der Waals surface area contributed by atoms with Crippen molar-refractivity contribution in [3.63, 3.8) is 0 Å². The summed E-state index contributed by atoms with van der Waals surface area (Å²) in [5.41, 5.74) is 5.98. The Hall–Kier alpha value is -1.51. The molecule has 5 rings (SSSR count). The summed E-state index contributed by atoms with van der Waals surface area (Å²) in [6.45, 7) is 4.64. The minimum atomic E-state index is 0.576. The average Bonchev–Trinajstić information content (AvgIpc) is 2.97. The van der Waals surface area contributed by atoms with Gasteiger partial charge in [0.15, 0.2) is 0 Å². The van der Waals surface area contributed by atoms with Crippen molar-refractivity contribution in [1.82, 2.24) is 4.90 Å². The number of rotatable bonds is 3. The summed E-state index contributed by atoms with van der Waals surface area (Å²) >= 11 is 6.20. The summed E-state index contributed by atoms with van der Waals surface area (Å²) in [4.78, 5) is 5.27. The zero-order valence-electron chi connectivity index (χ0n) is 15.3. The van der Waals surface area contributed by atoms with E-state index in [2.05, 4.69) is 46.2 Å². The molecule has 2 nitrogen and oxygen atoms in total. The van der Waals surface area contributed by atoms with Crippen molar-refractivity contribution in [2.45, 2.75) is 50.6 Å². The number of halogens is 1. The van der Waals surface area contributed by atoms with E-state index in [1.165, 1.54) is 63.0 Å². The SMILES string of the molecule is Clc1cccc(CN2CC[C@@H]3C[C@@H]2c2cc(N4CCCCC4)ccc23)c1. The van der Waals surface area contributed by atoms with Crippen LogP contribution in [0.5, 0.6) is 0 Å². The fourth-order valence-corrected chi connectivity index (χ4v) is 5.46. The molecule has 2 bridgehead atoms. The summed E-state index contributed by atoms with van der Waals surface area (Å²) in [6, 6.07) is 16.3. The largest absolute Gasteiger partial charge is 0.372 e. The fraction of sp³-hybridized carbons (Fsp3) is 0.478. The molecule has 3 aliphatic rings. The van der Waals surface area contributed by atoms with E-state index in [4.69, 9.17) is 11.6 Å². The molecule has 136 valence electrons. The Morgan fingerprint density at radius 3 is 2.65 bits per heavy atom. The number of anilines is 1. The highest BCUT2D eigenvalue weighted by Crippen LogP contribution is 2.50. The van der Waals surface area contributed by atoms with Crippen molar-refractivity contribution in [3.8, 4) is 0 Å². The van der Waals surface area contributed by atoms with E-state index >= 15 is 0 Å². The normalized spacial score (nSPS) is 25.3. The van der Waals surface area contributed by atoms with Gasteiger partial charge in [-0.25, -0.2) is 0 Å². The molecule has 2 aromatic carbocycles. The van der Waals surface area contributed by atoms with Gasteiger partial charge in [0.25, 0.3) is 0 Å². The van der Waals surface area contributed by atoms with Crippen LogP contribution >= 0.6 is 11.6 Å². The van der Waals surface area contributed by atoms with Crippen molar-refractivity contribution in [1.29, 1.82) is 0 Å². The second-order valence-electron chi connectivity index (χ2n) is 8.20. The van der Waals surface area contributed by atoms with E-state index < -0.39 is 0 Å². The van der Waals surface area contributed by atoms with Crippen LogP contribution in [0.1, 0.15) is 60.8 Å². The topological polar surface area (TPSA) is 6.48 Å². The van der Waals surface area contributed by atoms with Crippen molar-refractivity contribution in [3.05, 3.63) is 64.2 Å². The standard InChI is InChI=1S/C23H27ClN2/c24-19-6-4-5-17(13-19)16-26-12-9-18-14-23(26)22-15-20(7-8-21(18)22)25-10-2-1-3-11-25/h4-8,13,15,18,23H,1-3,9-12,14,16H2/t18-,23-/m1/s1. The van der Waals surface area contributed by atoms with E-state index in [-0.39, 0.29) is 0 Å². The van der Waals surface area contributed by atoms with Crippen LogP contribution in [0, 0.1) is 0 Å². The second-order valence-corrected chi connectivity index (χ2v) is 8.63. The van der Waals surface area contributed by atoms with Gasteiger partial charge in [-0.3, -0.25) is 4.90 Å². The Bertz CT molecular complexity index is 797. The van der Waals surface area contributed by atoms with Crippen LogP contribution in [-0.4, -0.2) is 24.5 Å². The highest BCUT2D eigenvalue weighted by atomic mass is 35.5. The molecule has 1 aliphatic carbocycles. The van der Waals surface area contributed by atoms with E-state index in [1.807, 2.05) is 6.07 Å². The van der Waals surface area contributed by atoms with Crippen molar-refractivity contribution in [2.75, 3.05) is 24.5 Å². The van der Waals surface area contributed by atoms with Gasteiger partial charge in [-0.2, -0.15) is 0 Å². The smallest absolute Gasteiger partial charge is 0.0409 e. The molecule has 0 radical (unpaired) electrons. The lowest BCUT2D eigenvalue weighted by Gasteiger charge is -2.34. The Morgan fingerprint density at radius 2 is 1.81 bits per heavy atom. The van der Waals surface area contributed by atoms with Crippen molar-refractivity contribution in [2.24, 2.45) is 0 Å². The van der Waals surface area contributed by atoms with Gasteiger partial charge in [-0.05, 0) is 85.5 Å². The van der Waals surface area contributed by atoms with Gasteiger partial charge in [0.05, 0.1) is 0 Å². The number of fused-ring (bicyclic) bond motifs is 5. The lowest BCUT2D eigenvalue weighted by molar-refractivity contribution is 0.145. The first-order valence-corrected chi connectivity index (χ1v) is 10.5. The number of benzene rings is 2. The number of hydrogen-bond donors (Lipinski definition) is 0. The zero-order chi connectivity index (χ0) is 17.5. The van der Waals surface area contributed by atoms with Gasteiger partial charge in [0.1, 0.15) is 0 Å². The minimum Gasteiger partial charge on any atom is -0.372 e. The summed E-state index contributed by atoms with van der Waals surface area (Å²) in [5, 5.41) is 0.844. The van der Waals surface area contributed by atoms with E-state index in [0.29, 0.717) is 6.04 Å². The molecule has 0 N–H and O–H groups in total. The predicted octanol–water partition coefficient (Wildman–Crippen LogP) is 5.76. The first-order valence-electron chi connectivity index (χ1n) is 10.2. The monoisotopic (exact) mass is 366 g/mol. The zero-order valence-corrected chi connectivity index (χ0v) is 16.1. The quantitative estimate of drug-likeness (QED) is 0.680. The third-order valence-corrected chi connectivity index (χ3v) is 6.81. The average molecular weight is 367 g/mol. The molecule has 0 aromatic heterocycles. The maximum Gasteiger partial charge on any atom is 0.0409 e. The summed E-state index contributed by atoms with van der Waals surface area (Å²) in [5.74, 6) is 0.765. The molecule has 2 aliphatic heterocycles. The molecule has 2 aromatic rings. The van der Waals surface area contributed by atoms with Crippen LogP contribution in [0.3, 0.4) is 0 Å². The minimum absolute atomic E-state index is 0.576. The van der Waals surface area contributed by atoms with Gasteiger partial charge in [-0.1, -0.05) is 29.8 Å². The predicted molar refractivity (Wildman–Crippen MR) is 109 cm³/mol. The van der Waals surface area contributed by atoms with Crippen LogP contribution in [0.2, 0.25) is 5.02 Å². The molecular formula is C23H27ClN2. The molecule has 26 heavy (non-hydrogen) atoms. The van der Waals surface area contributed by atoms with Gasteiger partial charge in [0, 0.05) is 36.4 Å². The molecule has 2 fully saturated rings. The van der Waals surface area contributed by atoms with Gasteiger partial charge in [-0.15, -0.1) is 0 Å². The summed E-state index contributed by atoms with van der Waals surface area (Å²) in [7, 11) is 0. The second kappa shape index (κ2) is 6.90. The third kappa shape index (κ3) is 3.04. The van der Waals surface area contributed by atoms with Gasteiger partial charge < -0.3 is 4.90 Å². The first kappa shape index (κ1) is 16.6. The van der Waals surface area contributed by atoms with Crippen LogP contribution in [0.15, 0.2) is 42.5 Å². The maximum atomic E-state index is 6.20. The summed E-state index contributed by atoms with van der Waals surface area (Å²) < 4.78 is 0. The van der Waals surface area contributed by atoms with Gasteiger partial charge >= 0.3 is 0 Å². The maximum absolute atomic E-state index is 6.20. The molecule has 2 atom stereocenters.